The van der Waals surface area contributed by atoms with Gasteiger partial charge in [-0.3, -0.25) is 9.59 Å². The van der Waals surface area contributed by atoms with E-state index in [1.165, 1.54) is 0 Å². The van der Waals surface area contributed by atoms with E-state index >= 15 is 0 Å². The summed E-state index contributed by atoms with van der Waals surface area (Å²) in [5.41, 5.74) is 6.88. The molecule has 0 spiro atoms. The van der Waals surface area contributed by atoms with Crippen LogP contribution in [0.3, 0.4) is 0 Å². The molecule has 6 nitrogen and oxygen atoms in total. The lowest BCUT2D eigenvalue weighted by Crippen LogP contribution is -2.58. The van der Waals surface area contributed by atoms with E-state index in [0.717, 1.165) is 18.4 Å². The number of amides is 2. The molecule has 3 rings (SSSR count). The summed E-state index contributed by atoms with van der Waals surface area (Å²) >= 11 is 0. The zero-order chi connectivity index (χ0) is 18.0. The minimum Gasteiger partial charge on any atom is -0.356 e. The third kappa shape index (κ3) is 3.70. The van der Waals surface area contributed by atoms with Crippen LogP contribution in [0.4, 0.5) is 0 Å². The molecule has 0 aromatic heterocycles. The molecule has 2 amide bonds. The first-order valence-corrected chi connectivity index (χ1v) is 9.01. The minimum atomic E-state index is -0.670. The first-order chi connectivity index (χ1) is 12.0. The van der Waals surface area contributed by atoms with Gasteiger partial charge in [-0.15, -0.1) is 0 Å². The fourth-order valence-electron chi connectivity index (χ4n) is 3.73. The molecule has 0 bridgehead atoms. The first-order valence-electron chi connectivity index (χ1n) is 9.01. The van der Waals surface area contributed by atoms with Crippen LogP contribution >= 0.6 is 0 Å². The van der Waals surface area contributed by atoms with Gasteiger partial charge in [-0.2, -0.15) is 0 Å². The summed E-state index contributed by atoms with van der Waals surface area (Å²) in [7, 11) is 0. The summed E-state index contributed by atoms with van der Waals surface area (Å²) in [5, 5.41) is 0. The topological polar surface area (TPSA) is 75.9 Å². The van der Waals surface area contributed by atoms with Gasteiger partial charge in [0.25, 0.3) is 5.91 Å². The Morgan fingerprint density at radius 1 is 1.20 bits per heavy atom. The van der Waals surface area contributed by atoms with Gasteiger partial charge in [-0.25, -0.2) is 0 Å². The second-order valence-electron chi connectivity index (χ2n) is 7.14. The van der Waals surface area contributed by atoms with Gasteiger partial charge in [0.05, 0.1) is 6.04 Å². The van der Waals surface area contributed by atoms with E-state index in [0.29, 0.717) is 13.1 Å². The van der Waals surface area contributed by atoms with Crippen molar-refractivity contribution in [3.63, 3.8) is 0 Å². The maximum Gasteiger partial charge on any atom is 0.254 e. The van der Waals surface area contributed by atoms with Gasteiger partial charge in [-0.05, 0) is 32.3 Å². The normalized spacial score (nSPS) is 25.5. The molecule has 2 heterocycles. The maximum absolute atomic E-state index is 13.1. The van der Waals surface area contributed by atoms with E-state index < -0.39 is 12.1 Å². The summed E-state index contributed by atoms with van der Waals surface area (Å²) in [6.07, 6.45) is 0.944. The summed E-state index contributed by atoms with van der Waals surface area (Å²) < 4.78 is 5.77. The largest absolute Gasteiger partial charge is 0.356 e. The van der Waals surface area contributed by atoms with Gasteiger partial charge < -0.3 is 20.3 Å². The predicted molar refractivity (Wildman–Crippen MR) is 94.7 cm³/mol. The van der Waals surface area contributed by atoms with Crippen molar-refractivity contribution in [1.29, 1.82) is 0 Å². The number of rotatable bonds is 3. The molecule has 2 atom stereocenters. The molecule has 0 aliphatic carbocycles. The van der Waals surface area contributed by atoms with Crippen molar-refractivity contribution in [1.82, 2.24) is 9.80 Å². The first kappa shape index (κ1) is 17.9. The van der Waals surface area contributed by atoms with Gasteiger partial charge in [0, 0.05) is 25.2 Å². The molecular formula is C19H27N3O3. The molecule has 25 heavy (non-hydrogen) atoms. The number of nitrogens with zero attached hydrogens (tertiary/aromatic N) is 2. The Hall–Kier alpha value is -1.92. The Bertz CT molecular complexity index is 612. The Morgan fingerprint density at radius 3 is 2.44 bits per heavy atom. The van der Waals surface area contributed by atoms with Crippen molar-refractivity contribution < 1.29 is 14.3 Å². The van der Waals surface area contributed by atoms with Gasteiger partial charge >= 0.3 is 0 Å². The Balaban J connectivity index is 1.90. The molecule has 2 aliphatic heterocycles. The molecule has 1 aromatic carbocycles. The minimum absolute atomic E-state index is 0.00770. The summed E-state index contributed by atoms with van der Waals surface area (Å²) in [4.78, 5) is 29.2. The molecule has 2 saturated heterocycles. The molecule has 2 aliphatic rings. The number of ether oxygens (including phenoxy) is 1. The van der Waals surface area contributed by atoms with E-state index in [9.17, 15) is 9.59 Å². The van der Waals surface area contributed by atoms with Crippen molar-refractivity contribution in [3.05, 3.63) is 35.9 Å². The fourth-order valence-corrected chi connectivity index (χ4v) is 3.73. The number of morpholine rings is 1. The number of carbonyl (C=O) groups excluding carboxylic acids is 2. The highest BCUT2D eigenvalue weighted by Crippen LogP contribution is 2.33. The highest BCUT2D eigenvalue weighted by Gasteiger charge is 2.44. The number of piperidine rings is 1. The molecule has 2 unspecified atom stereocenters. The van der Waals surface area contributed by atoms with Crippen LogP contribution in [0.1, 0.15) is 38.3 Å². The molecule has 0 radical (unpaired) electrons. The monoisotopic (exact) mass is 345 g/mol. The number of likely N-dealkylation sites (tertiary alicyclic amines) is 1. The zero-order valence-corrected chi connectivity index (χ0v) is 14.9. The van der Waals surface area contributed by atoms with Crippen LogP contribution in [0, 0.1) is 0 Å². The van der Waals surface area contributed by atoms with Crippen LogP contribution in [-0.4, -0.2) is 59.5 Å². The predicted octanol–water partition coefficient (Wildman–Crippen LogP) is 1.31. The maximum atomic E-state index is 13.1. The average Bonchev–Trinajstić information content (AvgIpc) is 2.62. The van der Waals surface area contributed by atoms with Crippen molar-refractivity contribution in [2.75, 3.05) is 19.7 Å². The van der Waals surface area contributed by atoms with Gasteiger partial charge in [-0.1, -0.05) is 30.3 Å². The quantitative estimate of drug-likeness (QED) is 0.896. The van der Waals surface area contributed by atoms with Crippen LogP contribution in [-0.2, 0) is 14.3 Å². The van der Waals surface area contributed by atoms with Crippen molar-refractivity contribution in [2.45, 2.75) is 50.9 Å². The van der Waals surface area contributed by atoms with E-state index in [1.807, 2.05) is 49.1 Å². The Kier molecular flexibility index (Phi) is 5.39. The second-order valence-corrected chi connectivity index (χ2v) is 7.14. The van der Waals surface area contributed by atoms with E-state index in [-0.39, 0.29) is 30.5 Å². The molecule has 6 heteroatoms. The average molecular weight is 345 g/mol. The SMILES string of the molecule is CC(C)N1C(=O)COC(C(=O)N2CCC(N)CC2)C1c1ccccc1. The lowest BCUT2D eigenvalue weighted by Gasteiger charge is -2.44. The molecular weight excluding hydrogens is 318 g/mol. The van der Waals surface area contributed by atoms with E-state index in [1.54, 1.807) is 4.90 Å². The van der Waals surface area contributed by atoms with Gasteiger partial charge in [0.15, 0.2) is 6.10 Å². The zero-order valence-electron chi connectivity index (χ0n) is 14.9. The summed E-state index contributed by atoms with van der Waals surface area (Å²) in [5.74, 6) is -0.118. The van der Waals surface area contributed by atoms with Crippen LogP contribution in [0.15, 0.2) is 30.3 Å². The second kappa shape index (κ2) is 7.54. The number of hydrogen-bond acceptors (Lipinski definition) is 4. The Morgan fingerprint density at radius 2 is 1.84 bits per heavy atom. The Labute approximate surface area is 148 Å². The summed E-state index contributed by atoms with van der Waals surface area (Å²) in [6.45, 7) is 5.19. The lowest BCUT2D eigenvalue weighted by atomic mass is 9.94. The number of nitrogens with two attached hydrogens (primary N) is 1. The highest BCUT2D eigenvalue weighted by atomic mass is 16.5. The van der Waals surface area contributed by atoms with Crippen LogP contribution in [0.25, 0.3) is 0 Å². The number of benzene rings is 1. The van der Waals surface area contributed by atoms with E-state index in [2.05, 4.69) is 0 Å². The smallest absolute Gasteiger partial charge is 0.254 e. The van der Waals surface area contributed by atoms with Crippen LogP contribution in [0.5, 0.6) is 0 Å². The molecule has 0 saturated carbocycles. The lowest BCUT2D eigenvalue weighted by molar-refractivity contribution is -0.172. The molecule has 1 aromatic rings. The standard InChI is InChI=1S/C19H27N3O3/c1-13(2)22-16(23)12-25-18(17(22)14-6-4-3-5-7-14)19(24)21-10-8-15(20)9-11-21/h3-7,13,15,17-18H,8-12,20H2,1-2H3. The van der Waals surface area contributed by atoms with Crippen molar-refractivity contribution in [2.24, 2.45) is 5.73 Å². The fraction of sp³-hybridized carbons (Fsp3) is 0.579. The van der Waals surface area contributed by atoms with Crippen molar-refractivity contribution in [3.8, 4) is 0 Å². The number of hydrogen-bond donors (Lipinski definition) is 1. The molecule has 136 valence electrons. The van der Waals surface area contributed by atoms with E-state index in [4.69, 9.17) is 10.5 Å². The third-order valence-electron chi connectivity index (χ3n) is 5.05. The molecule has 2 N–H and O–H groups in total. The number of carbonyl (C=O) groups is 2. The highest BCUT2D eigenvalue weighted by molar-refractivity contribution is 5.86. The third-order valence-corrected chi connectivity index (χ3v) is 5.05. The summed E-state index contributed by atoms with van der Waals surface area (Å²) in [6, 6.07) is 9.44. The van der Waals surface area contributed by atoms with Crippen LogP contribution in [0.2, 0.25) is 0 Å². The molecule has 2 fully saturated rings. The van der Waals surface area contributed by atoms with Crippen LogP contribution < -0.4 is 5.73 Å². The van der Waals surface area contributed by atoms with Gasteiger partial charge in [0.2, 0.25) is 5.91 Å². The van der Waals surface area contributed by atoms with Gasteiger partial charge in [0.1, 0.15) is 6.61 Å². The van der Waals surface area contributed by atoms with Crippen molar-refractivity contribution >= 4 is 11.8 Å².